The number of hydrogen-bond donors (Lipinski definition) is 1. The lowest BCUT2D eigenvalue weighted by atomic mass is 10.2. The van der Waals surface area contributed by atoms with Crippen molar-refractivity contribution in [3.63, 3.8) is 0 Å². The molecule has 2 heterocycles. The molecule has 0 unspecified atom stereocenters. The predicted molar refractivity (Wildman–Crippen MR) is 186 cm³/mol. The number of nitrogens with zero attached hydrogens (tertiary/aromatic N) is 6. The zero-order valence-electron chi connectivity index (χ0n) is 27.2. The number of amides is 2. The van der Waals surface area contributed by atoms with Gasteiger partial charge in [-0.1, -0.05) is 42.8 Å². The number of halogens is 2. The van der Waals surface area contributed by atoms with E-state index in [0.717, 1.165) is 11.7 Å². The second-order valence-electron chi connectivity index (χ2n) is 11.8. The number of hydrogen-bond acceptors (Lipinski definition) is 11. The van der Waals surface area contributed by atoms with Crippen LogP contribution in [0.4, 0.5) is 39.2 Å². The number of ether oxygens (including phenoxy) is 4. The fourth-order valence-corrected chi connectivity index (χ4v) is 6.13. The molecule has 0 saturated carbocycles. The van der Waals surface area contributed by atoms with E-state index in [4.69, 9.17) is 42.1 Å². The first-order valence-corrected chi connectivity index (χ1v) is 19.2. The third-order valence-corrected chi connectivity index (χ3v) is 9.80. The molecule has 1 N–H and O–H groups in total. The lowest BCUT2D eigenvalue weighted by Gasteiger charge is -2.30. The molecule has 1 fully saturated rings. The van der Waals surface area contributed by atoms with Gasteiger partial charge in [-0.25, -0.2) is 14.8 Å². The number of urea groups is 1. The molecule has 0 aliphatic carbocycles. The molecule has 47 heavy (non-hydrogen) atoms. The SMILES string of the molecule is COc1cc(OC)c(Cl)c(N(COCC[Si](C)(C)C)C(=O)N(C)c2cc(Nc3ccc(N4CCOCC4)cc3[N+](=O)[O-])ncn2)c1Cl. The Hall–Kier alpha value is -3.89. The standard InChI is InChI=1S/C30H39Cl2N7O7Si/c1-36(30(40)38(19-46-13-14-47(4,5)6)29-27(31)23(43-2)16-24(44-3)28(29)32)26-17-25(33-18-34-26)35-21-8-7-20(15-22(21)39(41)42)37-9-11-45-12-10-37/h7-8,15-18H,9-14,19H2,1-6H3,(H,33,34,35). The second-order valence-corrected chi connectivity index (χ2v) is 18.2. The van der Waals surface area contributed by atoms with Crippen molar-refractivity contribution in [2.75, 3.05) is 80.9 Å². The Kier molecular flexibility index (Phi) is 12.1. The van der Waals surface area contributed by atoms with E-state index in [9.17, 15) is 14.9 Å². The van der Waals surface area contributed by atoms with Crippen LogP contribution in [0.2, 0.25) is 35.7 Å². The molecule has 254 valence electrons. The van der Waals surface area contributed by atoms with Crippen molar-refractivity contribution < 1.29 is 28.7 Å². The van der Waals surface area contributed by atoms with Gasteiger partial charge in [0.2, 0.25) is 0 Å². The van der Waals surface area contributed by atoms with Crippen LogP contribution in [0.3, 0.4) is 0 Å². The quantitative estimate of drug-likeness (QED) is 0.0669. The molecule has 0 spiro atoms. The van der Waals surface area contributed by atoms with Crippen LogP contribution in [0.25, 0.3) is 0 Å². The lowest BCUT2D eigenvalue weighted by Crippen LogP contribution is -2.43. The van der Waals surface area contributed by atoms with Crippen molar-refractivity contribution in [1.29, 1.82) is 0 Å². The first kappa shape index (κ1) is 36.0. The first-order valence-electron chi connectivity index (χ1n) is 14.8. The van der Waals surface area contributed by atoms with Crippen molar-refractivity contribution in [2.45, 2.75) is 25.7 Å². The summed E-state index contributed by atoms with van der Waals surface area (Å²) in [5, 5.41) is 15.2. The number of rotatable bonds is 13. The smallest absolute Gasteiger partial charge is 0.331 e. The van der Waals surface area contributed by atoms with Gasteiger partial charge in [-0.05, 0) is 18.2 Å². The Morgan fingerprint density at radius 3 is 2.34 bits per heavy atom. The van der Waals surface area contributed by atoms with Crippen molar-refractivity contribution in [2.24, 2.45) is 0 Å². The van der Waals surface area contributed by atoms with E-state index in [1.807, 2.05) is 4.90 Å². The van der Waals surface area contributed by atoms with Gasteiger partial charge in [0.1, 0.15) is 51.9 Å². The highest BCUT2D eigenvalue weighted by atomic mass is 35.5. The minimum Gasteiger partial charge on any atom is -0.495 e. The Bertz CT molecular complexity index is 1560. The number of nitro groups is 1. The largest absolute Gasteiger partial charge is 0.495 e. The molecular weight excluding hydrogens is 669 g/mol. The summed E-state index contributed by atoms with van der Waals surface area (Å²) in [5.74, 6) is 0.920. The molecule has 1 aliphatic heterocycles. The van der Waals surface area contributed by atoms with Crippen molar-refractivity contribution in [1.82, 2.24) is 9.97 Å². The maximum absolute atomic E-state index is 14.1. The zero-order valence-corrected chi connectivity index (χ0v) is 29.7. The Morgan fingerprint density at radius 2 is 1.74 bits per heavy atom. The molecule has 2 aromatic carbocycles. The number of methoxy groups -OCH3 is 2. The molecule has 1 saturated heterocycles. The van der Waals surface area contributed by atoms with E-state index in [0.29, 0.717) is 32.9 Å². The summed E-state index contributed by atoms with van der Waals surface area (Å²) in [4.78, 5) is 38.8. The van der Waals surface area contributed by atoms with Crippen LogP contribution >= 0.6 is 23.2 Å². The fourth-order valence-electron chi connectivity index (χ4n) is 4.67. The molecule has 0 radical (unpaired) electrons. The van der Waals surface area contributed by atoms with Gasteiger partial charge in [0.15, 0.2) is 0 Å². The van der Waals surface area contributed by atoms with Crippen LogP contribution in [0.15, 0.2) is 36.7 Å². The molecule has 0 atom stereocenters. The van der Waals surface area contributed by atoms with Gasteiger partial charge in [0.05, 0.1) is 38.0 Å². The Labute approximate surface area is 284 Å². The first-order chi connectivity index (χ1) is 22.3. The Morgan fingerprint density at radius 1 is 1.09 bits per heavy atom. The molecule has 14 nitrogen and oxygen atoms in total. The third-order valence-electron chi connectivity index (χ3n) is 7.37. The number of benzene rings is 2. The lowest BCUT2D eigenvalue weighted by molar-refractivity contribution is -0.383. The minimum atomic E-state index is -1.43. The number of carbonyl (C=O) groups excluding carboxylic acids is 1. The summed E-state index contributed by atoms with van der Waals surface area (Å²) in [5.41, 5.74) is 0.956. The highest BCUT2D eigenvalue weighted by Crippen LogP contribution is 2.46. The van der Waals surface area contributed by atoms with Gasteiger partial charge in [-0.2, -0.15) is 0 Å². The van der Waals surface area contributed by atoms with Crippen LogP contribution in [-0.2, 0) is 9.47 Å². The van der Waals surface area contributed by atoms with E-state index in [1.165, 1.54) is 55.6 Å². The van der Waals surface area contributed by atoms with Crippen LogP contribution in [0, 0.1) is 10.1 Å². The van der Waals surface area contributed by atoms with Gasteiger partial charge in [-0.15, -0.1) is 0 Å². The minimum absolute atomic E-state index is 0.0896. The van der Waals surface area contributed by atoms with E-state index < -0.39 is 19.0 Å². The summed E-state index contributed by atoms with van der Waals surface area (Å²) < 4.78 is 22.2. The Balaban J connectivity index is 1.63. The second kappa shape index (κ2) is 15.8. The van der Waals surface area contributed by atoms with Crippen molar-refractivity contribution in [3.05, 3.63) is 56.8 Å². The maximum atomic E-state index is 14.1. The van der Waals surface area contributed by atoms with Gasteiger partial charge in [0.25, 0.3) is 5.69 Å². The monoisotopic (exact) mass is 707 g/mol. The molecule has 1 aromatic heterocycles. The highest BCUT2D eigenvalue weighted by molar-refractivity contribution is 6.76. The maximum Gasteiger partial charge on any atom is 0.331 e. The van der Waals surface area contributed by atoms with Crippen LogP contribution in [0.1, 0.15) is 0 Å². The number of carbonyl (C=O) groups is 1. The molecule has 2 amide bonds. The normalized spacial score (nSPS) is 13.2. The molecule has 0 bridgehead atoms. The number of aromatic nitrogens is 2. The third kappa shape index (κ3) is 8.93. The summed E-state index contributed by atoms with van der Waals surface area (Å²) in [7, 11) is 2.97. The van der Waals surface area contributed by atoms with Gasteiger partial charge in [-0.3, -0.25) is 19.9 Å². The molecule has 17 heteroatoms. The summed E-state index contributed by atoms with van der Waals surface area (Å²) >= 11 is 13.4. The summed E-state index contributed by atoms with van der Waals surface area (Å²) in [6.07, 6.45) is 1.25. The molecule has 1 aliphatic rings. The van der Waals surface area contributed by atoms with E-state index in [-0.39, 0.29) is 57.0 Å². The molecular formula is C30H39Cl2N7O7Si. The zero-order chi connectivity index (χ0) is 34.3. The summed E-state index contributed by atoms with van der Waals surface area (Å²) in [6.45, 7) is 9.29. The molecule has 3 aromatic rings. The molecule has 4 rings (SSSR count). The summed E-state index contributed by atoms with van der Waals surface area (Å²) in [6, 6.07) is 8.25. The number of nitrogens with one attached hydrogen (secondary N) is 1. The average Bonchev–Trinajstić information content (AvgIpc) is 3.05. The van der Waals surface area contributed by atoms with Crippen LogP contribution in [0.5, 0.6) is 11.5 Å². The van der Waals surface area contributed by atoms with Gasteiger partial charge < -0.3 is 29.2 Å². The number of nitro benzene ring substituents is 1. The van der Waals surface area contributed by atoms with Crippen LogP contribution in [-0.4, -0.2) is 89.9 Å². The highest BCUT2D eigenvalue weighted by Gasteiger charge is 2.30. The van der Waals surface area contributed by atoms with Gasteiger partial charge >= 0.3 is 6.03 Å². The number of morpholine rings is 1. The van der Waals surface area contributed by atoms with Gasteiger partial charge in [0, 0.05) is 58.7 Å². The van der Waals surface area contributed by atoms with Crippen LogP contribution < -0.4 is 29.5 Å². The van der Waals surface area contributed by atoms with E-state index in [1.54, 1.807) is 12.1 Å². The topological polar surface area (TPSA) is 145 Å². The van der Waals surface area contributed by atoms with E-state index in [2.05, 4.69) is 34.9 Å². The number of anilines is 5. The van der Waals surface area contributed by atoms with Crippen molar-refractivity contribution >= 4 is 71.7 Å². The fraction of sp³-hybridized carbons (Fsp3) is 0.433. The average molecular weight is 709 g/mol. The van der Waals surface area contributed by atoms with E-state index >= 15 is 0 Å². The van der Waals surface area contributed by atoms with Crippen molar-refractivity contribution in [3.8, 4) is 11.5 Å². The predicted octanol–water partition coefficient (Wildman–Crippen LogP) is 6.66.